The molecule has 0 radical (unpaired) electrons. The highest BCUT2D eigenvalue weighted by Crippen LogP contribution is 2.27. The topological polar surface area (TPSA) is 30.8 Å². The number of ether oxygens (including phenoxy) is 2. The molecule has 0 spiro atoms. The lowest BCUT2D eigenvalue weighted by atomic mass is 10.1. The molecule has 0 aromatic heterocycles. The molecule has 0 fully saturated rings. The van der Waals surface area contributed by atoms with Crippen molar-refractivity contribution in [3.05, 3.63) is 18.2 Å². The molecule has 1 rings (SSSR count). The van der Waals surface area contributed by atoms with Crippen molar-refractivity contribution in [2.45, 2.75) is 45.4 Å². The molecule has 0 atom stereocenters. The van der Waals surface area contributed by atoms with Gasteiger partial charge in [-0.25, -0.2) is 0 Å². The van der Waals surface area contributed by atoms with Crippen LogP contribution < -0.4 is 9.47 Å². The number of hydrogen-bond acceptors (Lipinski definition) is 3. The zero-order valence-corrected chi connectivity index (χ0v) is 12.3. The smallest absolute Gasteiger partial charge is 0.124 e. The molecule has 3 nitrogen and oxygen atoms in total. The molecular weight excluding hydrogens is 238 g/mol. The minimum Gasteiger partial charge on any atom is -0.497 e. The molecule has 3 heteroatoms. The Balaban J connectivity index is 2.42. The number of hydrogen-bond donors (Lipinski definition) is 0. The molecule has 0 unspecified atom stereocenters. The van der Waals surface area contributed by atoms with Gasteiger partial charge in [0.25, 0.3) is 0 Å². The summed E-state index contributed by atoms with van der Waals surface area (Å²) >= 11 is 0. The summed E-state index contributed by atoms with van der Waals surface area (Å²) in [5.74, 6) is 1.55. The summed E-state index contributed by atoms with van der Waals surface area (Å²) in [5, 5.41) is 0. The lowest BCUT2D eigenvalue weighted by Gasteiger charge is -2.05. The van der Waals surface area contributed by atoms with Crippen LogP contribution in [-0.2, 0) is 0 Å². The zero-order chi connectivity index (χ0) is 13.9. The molecule has 0 bridgehead atoms. The molecule has 19 heavy (non-hydrogen) atoms. The van der Waals surface area contributed by atoms with Crippen molar-refractivity contribution in [1.82, 2.24) is 0 Å². The van der Waals surface area contributed by atoms with Gasteiger partial charge < -0.3 is 9.47 Å². The first-order chi connectivity index (χ1) is 9.30. The van der Waals surface area contributed by atoms with Gasteiger partial charge in [-0.05, 0) is 12.8 Å². The predicted molar refractivity (Wildman–Crippen MR) is 81.1 cm³/mol. The van der Waals surface area contributed by atoms with E-state index in [-0.39, 0.29) is 0 Å². The SMILES string of the molecule is CCCCCCCC=Nc1cc(OC)cc(OC)c1. The minimum absolute atomic E-state index is 0.773. The van der Waals surface area contributed by atoms with Gasteiger partial charge in [-0.2, -0.15) is 0 Å². The van der Waals surface area contributed by atoms with Crippen molar-refractivity contribution in [1.29, 1.82) is 0 Å². The fraction of sp³-hybridized carbons (Fsp3) is 0.562. The largest absolute Gasteiger partial charge is 0.497 e. The minimum atomic E-state index is 0.773. The van der Waals surface area contributed by atoms with Gasteiger partial charge in [-0.15, -0.1) is 0 Å². The van der Waals surface area contributed by atoms with Crippen LogP contribution in [0.1, 0.15) is 45.4 Å². The third-order valence-electron chi connectivity index (χ3n) is 3.01. The summed E-state index contributed by atoms with van der Waals surface area (Å²) in [6.45, 7) is 2.23. The van der Waals surface area contributed by atoms with Crippen LogP contribution in [0, 0.1) is 0 Å². The average Bonchev–Trinajstić information content (AvgIpc) is 2.45. The molecule has 0 heterocycles. The first kappa shape index (κ1) is 15.5. The molecule has 1 aromatic rings. The van der Waals surface area contributed by atoms with E-state index in [2.05, 4.69) is 11.9 Å². The van der Waals surface area contributed by atoms with Gasteiger partial charge in [0.15, 0.2) is 0 Å². The normalized spacial score (nSPS) is 10.9. The first-order valence-electron chi connectivity index (χ1n) is 7.05. The van der Waals surface area contributed by atoms with Gasteiger partial charge in [0.1, 0.15) is 11.5 Å². The van der Waals surface area contributed by atoms with E-state index in [0.717, 1.165) is 23.6 Å². The number of nitrogens with zero attached hydrogens (tertiary/aromatic N) is 1. The average molecular weight is 263 g/mol. The highest BCUT2D eigenvalue weighted by atomic mass is 16.5. The summed E-state index contributed by atoms with van der Waals surface area (Å²) in [6.07, 6.45) is 9.48. The highest BCUT2D eigenvalue weighted by molar-refractivity contribution is 5.64. The second kappa shape index (κ2) is 9.42. The van der Waals surface area contributed by atoms with Crippen molar-refractivity contribution in [3.8, 4) is 11.5 Å². The number of methoxy groups -OCH3 is 2. The summed E-state index contributed by atoms with van der Waals surface area (Å²) in [4.78, 5) is 4.46. The zero-order valence-electron chi connectivity index (χ0n) is 12.3. The Kier molecular flexibility index (Phi) is 7.71. The standard InChI is InChI=1S/C16H25NO2/c1-4-5-6-7-8-9-10-17-14-11-15(18-2)13-16(12-14)19-3/h10-13H,4-9H2,1-3H3. The number of benzene rings is 1. The molecule has 0 aliphatic rings. The Morgan fingerprint density at radius 2 is 1.58 bits per heavy atom. The van der Waals surface area contributed by atoms with E-state index >= 15 is 0 Å². The second-order valence-electron chi connectivity index (χ2n) is 4.59. The van der Waals surface area contributed by atoms with Gasteiger partial charge in [0.2, 0.25) is 0 Å². The molecule has 0 N–H and O–H groups in total. The molecule has 0 saturated carbocycles. The maximum absolute atomic E-state index is 5.22. The van der Waals surface area contributed by atoms with Crippen LogP contribution in [0.4, 0.5) is 5.69 Å². The Bertz CT molecular complexity index is 366. The molecule has 0 saturated heterocycles. The van der Waals surface area contributed by atoms with Crippen LogP contribution in [0.5, 0.6) is 11.5 Å². The van der Waals surface area contributed by atoms with E-state index in [1.54, 1.807) is 14.2 Å². The van der Waals surface area contributed by atoms with Crippen molar-refractivity contribution in [3.63, 3.8) is 0 Å². The third kappa shape index (κ3) is 6.27. The Labute approximate surface area is 116 Å². The molecule has 0 aliphatic heterocycles. The lowest BCUT2D eigenvalue weighted by Crippen LogP contribution is -1.86. The third-order valence-corrected chi connectivity index (χ3v) is 3.01. The summed E-state index contributed by atoms with van der Waals surface area (Å²) in [6, 6.07) is 5.68. The molecular formula is C16H25NO2. The van der Waals surface area contributed by atoms with E-state index < -0.39 is 0 Å². The monoisotopic (exact) mass is 263 g/mol. The van der Waals surface area contributed by atoms with Crippen LogP contribution >= 0.6 is 0 Å². The van der Waals surface area contributed by atoms with Crippen molar-refractivity contribution in [2.24, 2.45) is 4.99 Å². The van der Waals surface area contributed by atoms with Gasteiger partial charge >= 0.3 is 0 Å². The van der Waals surface area contributed by atoms with Crippen molar-refractivity contribution < 1.29 is 9.47 Å². The second-order valence-corrected chi connectivity index (χ2v) is 4.59. The maximum Gasteiger partial charge on any atom is 0.124 e. The number of rotatable bonds is 9. The quantitative estimate of drug-likeness (QED) is 0.475. The first-order valence-corrected chi connectivity index (χ1v) is 7.05. The van der Waals surface area contributed by atoms with Crippen molar-refractivity contribution >= 4 is 11.9 Å². The Hall–Kier alpha value is -1.51. The van der Waals surface area contributed by atoms with E-state index in [4.69, 9.17) is 9.47 Å². The van der Waals surface area contributed by atoms with E-state index in [0.29, 0.717) is 0 Å². The lowest BCUT2D eigenvalue weighted by molar-refractivity contribution is 0.394. The predicted octanol–water partition coefficient (Wildman–Crippen LogP) is 4.77. The molecule has 1 aromatic carbocycles. The van der Waals surface area contributed by atoms with Gasteiger partial charge in [0.05, 0.1) is 19.9 Å². The van der Waals surface area contributed by atoms with Gasteiger partial charge in [0, 0.05) is 24.4 Å². The van der Waals surface area contributed by atoms with Crippen LogP contribution in [0.3, 0.4) is 0 Å². The fourth-order valence-electron chi connectivity index (χ4n) is 1.88. The van der Waals surface area contributed by atoms with Gasteiger partial charge in [-0.3, -0.25) is 4.99 Å². The van der Waals surface area contributed by atoms with Crippen LogP contribution in [-0.4, -0.2) is 20.4 Å². The number of unbranched alkanes of at least 4 members (excludes halogenated alkanes) is 5. The van der Waals surface area contributed by atoms with E-state index in [9.17, 15) is 0 Å². The summed E-state index contributed by atoms with van der Waals surface area (Å²) in [5.41, 5.74) is 0.879. The van der Waals surface area contributed by atoms with Crippen LogP contribution in [0.25, 0.3) is 0 Å². The molecule has 0 amide bonds. The maximum atomic E-state index is 5.22. The van der Waals surface area contributed by atoms with E-state index in [1.165, 1.54) is 32.1 Å². The summed E-state index contributed by atoms with van der Waals surface area (Å²) < 4.78 is 10.4. The van der Waals surface area contributed by atoms with E-state index in [1.807, 2.05) is 24.4 Å². The van der Waals surface area contributed by atoms with Gasteiger partial charge in [-0.1, -0.05) is 32.6 Å². The van der Waals surface area contributed by atoms with Crippen LogP contribution in [0.15, 0.2) is 23.2 Å². The van der Waals surface area contributed by atoms with Crippen LogP contribution in [0.2, 0.25) is 0 Å². The number of aliphatic imine (C=N–C) groups is 1. The molecule has 0 aliphatic carbocycles. The fourth-order valence-corrected chi connectivity index (χ4v) is 1.88. The highest BCUT2D eigenvalue weighted by Gasteiger charge is 1.99. The molecule has 106 valence electrons. The Morgan fingerprint density at radius 3 is 2.16 bits per heavy atom. The Morgan fingerprint density at radius 1 is 0.947 bits per heavy atom. The summed E-state index contributed by atoms with van der Waals surface area (Å²) in [7, 11) is 3.30. The van der Waals surface area contributed by atoms with Crippen molar-refractivity contribution in [2.75, 3.05) is 14.2 Å².